The Morgan fingerprint density at radius 1 is 1.56 bits per heavy atom. The number of rotatable bonds is 5. The van der Waals surface area contributed by atoms with E-state index in [0.717, 1.165) is 5.69 Å². The van der Waals surface area contributed by atoms with E-state index in [2.05, 4.69) is 6.07 Å². The molecule has 0 radical (unpaired) electrons. The summed E-state index contributed by atoms with van der Waals surface area (Å²) in [5.41, 5.74) is 7.71. The Labute approximate surface area is 95.7 Å². The molecule has 0 spiro atoms. The van der Waals surface area contributed by atoms with Gasteiger partial charge in [-0.05, 0) is 31.0 Å². The van der Waals surface area contributed by atoms with Crippen LogP contribution >= 0.6 is 0 Å². The van der Waals surface area contributed by atoms with Crippen molar-refractivity contribution < 1.29 is 9.90 Å². The summed E-state index contributed by atoms with van der Waals surface area (Å²) in [7, 11) is 1.93. The number of aliphatic carboxylic acids is 1. The third kappa shape index (κ3) is 3.55. The average Bonchev–Trinajstić information content (AvgIpc) is 2.25. The second-order valence-electron chi connectivity index (χ2n) is 3.99. The van der Waals surface area contributed by atoms with E-state index in [-0.39, 0.29) is 0 Å². The minimum absolute atomic E-state index is 0.444. The zero-order chi connectivity index (χ0) is 12.1. The first kappa shape index (κ1) is 12.5. The molecule has 1 aromatic carbocycles. The van der Waals surface area contributed by atoms with Gasteiger partial charge in [0.1, 0.15) is 6.04 Å². The van der Waals surface area contributed by atoms with Crippen LogP contribution in [0.2, 0.25) is 0 Å². The van der Waals surface area contributed by atoms with Crippen molar-refractivity contribution in [3.63, 3.8) is 0 Å². The summed E-state index contributed by atoms with van der Waals surface area (Å²) in [5.74, 6) is -0.947. The zero-order valence-electron chi connectivity index (χ0n) is 9.68. The van der Waals surface area contributed by atoms with Crippen LogP contribution in [0.3, 0.4) is 0 Å². The number of carbonyl (C=O) groups is 1. The van der Waals surface area contributed by atoms with E-state index in [1.807, 2.05) is 37.1 Å². The Balaban J connectivity index is 2.52. The lowest BCUT2D eigenvalue weighted by molar-refractivity contribution is -0.138. The van der Waals surface area contributed by atoms with Gasteiger partial charge in [-0.2, -0.15) is 0 Å². The van der Waals surface area contributed by atoms with Crippen molar-refractivity contribution >= 4 is 11.7 Å². The highest BCUT2D eigenvalue weighted by molar-refractivity contribution is 5.73. The maximum absolute atomic E-state index is 10.6. The van der Waals surface area contributed by atoms with Crippen LogP contribution in [0, 0.1) is 6.92 Å². The number of aryl methyl sites for hydroxylation is 1. The molecule has 0 aliphatic carbocycles. The van der Waals surface area contributed by atoms with Crippen LogP contribution in [0.1, 0.15) is 12.0 Å². The van der Waals surface area contributed by atoms with Gasteiger partial charge >= 0.3 is 5.97 Å². The van der Waals surface area contributed by atoms with E-state index in [0.29, 0.717) is 13.0 Å². The second-order valence-corrected chi connectivity index (χ2v) is 3.99. The van der Waals surface area contributed by atoms with Gasteiger partial charge in [0.05, 0.1) is 0 Å². The minimum Gasteiger partial charge on any atom is -0.480 e. The predicted octanol–water partition coefficient (Wildman–Crippen LogP) is 1.23. The van der Waals surface area contributed by atoms with Gasteiger partial charge in [0.2, 0.25) is 0 Å². The number of anilines is 1. The molecule has 0 aliphatic rings. The highest BCUT2D eigenvalue weighted by Crippen LogP contribution is 2.14. The highest BCUT2D eigenvalue weighted by Gasteiger charge is 2.12. The van der Waals surface area contributed by atoms with E-state index in [1.165, 1.54) is 5.56 Å². The molecule has 0 saturated carbocycles. The van der Waals surface area contributed by atoms with Crippen LogP contribution in [0.15, 0.2) is 24.3 Å². The Kier molecular flexibility index (Phi) is 4.31. The number of benzene rings is 1. The van der Waals surface area contributed by atoms with Gasteiger partial charge in [0.15, 0.2) is 0 Å². The van der Waals surface area contributed by atoms with Crippen LogP contribution in [-0.4, -0.2) is 30.7 Å². The molecular weight excluding hydrogens is 204 g/mol. The smallest absolute Gasteiger partial charge is 0.320 e. The fourth-order valence-electron chi connectivity index (χ4n) is 1.45. The lowest BCUT2D eigenvalue weighted by Crippen LogP contribution is -2.34. The molecule has 0 heterocycles. The number of hydrogen-bond acceptors (Lipinski definition) is 3. The summed E-state index contributed by atoms with van der Waals surface area (Å²) >= 11 is 0. The summed E-state index contributed by atoms with van der Waals surface area (Å²) < 4.78 is 0. The minimum atomic E-state index is -0.947. The molecule has 0 saturated heterocycles. The summed E-state index contributed by atoms with van der Waals surface area (Å²) in [6, 6.07) is 7.29. The molecule has 3 N–H and O–H groups in total. The standard InChI is InChI=1S/C12H18N2O2/c1-9-4-3-5-10(8-9)14(2)7-6-11(13)12(15)16/h3-5,8,11H,6-7,13H2,1-2H3,(H,15,16)/t11-/m0/s1. The molecule has 16 heavy (non-hydrogen) atoms. The predicted molar refractivity (Wildman–Crippen MR) is 64.7 cm³/mol. The second kappa shape index (κ2) is 5.51. The maximum Gasteiger partial charge on any atom is 0.320 e. The molecule has 1 rings (SSSR count). The number of hydrogen-bond donors (Lipinski definition) is 2. The normalized spacial score (nSPS) is 12.2. The van der Waals surface area contributed by atoms with Crippen molar-refractivity contribution in [2.75, 3.05) is 18.5 Å². The SMILES string of the molecule is Cc1cccc(N(C)CC[C@H](N)C(=O)O)c1. The summed E-state index contributed by atoms with van der Waals surface area (Å²) in [6.45, 7) is 2.66. The first-order chi connectivity index (χ1) is 7.50. The van der Waals surface area contributed by atoms with E-state index < -0.39 is 12.0 Å². The lowest BCUT2D eigenvalue weighted by atomic mass is 10.2. The number of carboxylic acids is 1. The van der Waals surface area contributed by atoms with Gasteiger partial charge < -0.3 is 15.7 Å². The van der Waals surface area contributed by atoms with E-state index in [9.17, 15) is 4.79 Å². The fourth-order valence-corrected chi connectivity index (χ4v) is 1.45. The fraction of sp³-hybridized carbons (Fsp3) is 0.417. The van der Waals surface area contributed by atoms with Crippen LogP contribution < -0.4 is 10.6 Å². The molecule has 0 fully saturated rings. The summed E-state index contributed by atoms with van der Waals surface area (Å²) in [6.07, 6.45) is 0.444. The topological polar surface area (TPSA) is 66.6 Å². The van der Waals surface area contributed by atoms with Gasteiger partial charge in [-0.25, -0.2) is 0 Å². The number of nitrogens with zero attached hydrogens (tertiary/aromatic N) is 1. The average molecular weight is 222 g/mol. The van der Waals surface area contributed by atoms with Gasteiger partial charge in [0, 0.05) is 19.3 Å². The monoisotopic (exact) mass is 222 g/mol. The Morgan fingerprint density at radius 3 is 2.81 bits per heavy atom. The molecule has 0 bridgehead atoms. The van der Waals surface area contributed by atoms with E-state index in [4.69, 9.17) is 10.8 Å². The lowest BCUT2D eigenvalue weighted by Gasteiger charge is -2.20. The number of nitrogens with two attached hydrogens (primary N) is 1. The number of carboxylic acid groups (broad SMARTS) is 1. The quantitative estimate of drug-likeness (QED) is 0.786. The van der Waals surface area contributed by atoms with Crippen molar-refractivity contribution in [1.82, 2.24) is 0 Å². The first-order valence-corrected chi connectivity index (χ1v) is 5.27. The van der Waals surface area contributed by atoms with E-state index in [1.54, 1.807) is 0 Å². The molecule has 0 aromatic heterocycles. The van der Waals surface area contributed by atoms with Crippen LogP contribution in [0.25, 0.3) is 0 Å². The van der Waals surface area contributed by atoms with Crippen molar-refractivity contribution in [1.29, 1.82) is 0 Å². The van der Waals surface area contributed by atoms with Gasteiger partial charge in [0.25, 0.3) is 0 Å². The third-order valence-corrected chi connectivity index (χ3v) is 2.54. The van der Waals surface area contributed by atoms with Crippen molar-refractivity contribution in [3.05, 3.63) is 29.8 Å². The Hall–Kier alpha value is -1.55. The third-order valence-electron chi connectivity index (χ3n) is 2.54. The Bertz CT molecular complexity index is 366. The van der Waals surface area contributed by atoms with Gasteiger partial charge in [-0.15, -0.1) is 0 Å². The maximum atomic E-state index is 10.6. The molecule has 1 aromatic rings. The highest BCUT2D eigenvalue weighted by atomic mass is 16.4. The van der Waals surface area contributed by atoms with Crippen molar-refractivity contribution in [3.8, 4) is 0 Å². The Morgan fingerprint density at radius 2 is 2.25 bits per heavy atom. The van der Waals surface area contributed by atoms with Crippen molar-refractivity contribution in [2.45, 2.75) is 19.4 Å². The molecule has 1 atom stereocenters. The molecule has 0 unspecified atom stereocenters. The van der Waals surface area contributed by atoms with Crippen molar-refractivity contribution in [2.24, 2.45) is 5.73 Å². The molecule has 0 aliphatic heterocycles. The van der Waals surface area contributed by atoms with Crippen LogP contribution in [-0.2, 0) is 4.79 Å². The largest absolute Gasteiger partial charge is 0.480 e. The molecule has 4 heteroatoms. The van der Waals surface area contributed by atoms with Crippen LogP contribution in [0.5, 0.6) is 0 Å². The summed E-state index contributed by atoms with van der Waals surface area (Å²) in [4.78, 5) is 12.6. The molecule has 0 amide bonds. The van der Waals surface area contributed by atoms with Crippen LogP contribution in [0.4, 0.5) is 5.69 Å². The molecule has 88 valence electrons. The van der Waals surface area contributed by atoms with Gasteiger partial charge in [-0.1, -0.05) is 12.1 Å². The summed E-state index contributed by atoms with van der Waals surface area (Å²) in [5, 5.41) is 8.67. The van der Waals surface area contributed by atoms with E-state index >= 15 is 0 Å². The molecule has 4 nitrogen and oxygen atoms in total. The molecular formula is C12H18N2O2. The first-order valence-electron chi connectivity index (χ1n) is 5.27. The zero-order valence-corrected chi connectivity index (χ0v) is 9.68. The van der Waals surface area contributed by atoms with Gasteiger partial charge in [-0.3, -0.25) is 4.79 Å².